The summed E-state index contributed by atoms with van der Waals surface area (Å²) in [6.07, 6.45) is 3.44. The number of fused-ring (bicyclic) bond motifs is 2. The molecule has 140 valence electrons. The van der Waals surface area contributed by atoms with Crippen molar-refractivity contribution in [1.82, 2.24) is 4.57 Å². The van der Waals surface area contributed by atoms with E-state index in [1.165, 1.54) is 18.4 Å². The van der Waals surface area contributed by atoms with Gasteiger partial charge in [0.25, 0.3) is 5.91 Å². The Balaban J connectivity index is 1.67. The minimum atomic E-state index is -0.277. The van der Waals surface area contributed by atoms with Gasteiger partial charge in [-0.3, -0.25) is 4.79 Å². The summed E-state index contributed by atoms with van der Waals surface area (Å²) in [6, 6.07) is 11.7. The summed E-state index contributed by atoms with van der Waals surface area (Å²) < 4.78 is 14.2. The molecule has 0 bridgehead atoms. The Hall–Kier alpha value is -2.60. The number of aryl methyl sites for hydroxylation is 2. The molecule has 1 aliphatic heterocycles. The van der Waals surface area contributed by atoms with E-state index in [0.717, 1.165) is 16.6 Å². The second-order valence-electron chi connectivity index (χ2n) is 6.62. The van der Waals surface area contributed by atoms with Crippen LogP contribution < -0.4 is 14.3 Å². The molecule has 0 N–H and O–H groups in total. The van der Waals surface area contributed by atoms with Crippen LogP contribution in [0.3, 0.4) is 0 Å². The zero-order valence-corrected chi connectivity index (χ0v) is 16.3. The zero-order chi connectivity index (χ0) is 18.8. The van der Waals surface area contributed by atoms with Crippen molar-refractivity contribution in [3.05, 3.63) is 52.3 Å². The van der Waals surface area contributed by atoms with E-state index in [2.05, 4.69) is 30.1 Å². The zero-order valence-electron chi connectivity index (χ0n) is 15.5. The van der Waals surface area contributed by atoms with Crippen LogP contribution in [0.5, 0.6) is 11.5 Å². The molecule has 0 radical (unpaired) electrons. The van der Waals surface area contributed by atoms with Gasteiger partial charge < -0.3 is 14.0 Å². The number of benzene rings is 2. The normalized spacial score (nSPS) is 13.9. The van der Waals surface area contributed by atoms with Crippen LogP contribution in [0.25, 0.3) is 10.2 Å². The Morgan fingerprint density at radius 2 is 1.96 bits per heavy atom. The van der Waals surface area contributed by atoms with E-state index >= 15 is 0 Å². The molecule has 6 heteroatoms. The van der Waals surface area contributed by atoms with E-state index < -0.39 is 0 Å². The van der Waals surface area contributed by atoms with Crippen molar-refractivity contribution in [3.8, 4) is 11.5 Å². The van der Waals surface area contributed by atoms with Crippen LogP contribution in [0.15, 0.2) is 41.4 Å². The lowest BCUT2D eigenvalue weighted by molar-refractivity contribution is 0.0996. The summed E-state index contributed by atoms with van der Waals surface area (Å²) in [5.41, 5.74) is 2.92. The van der Waals surface area contributed by atoms with E-state index in [9.17, 15) is 4.79 Å². The van der Waals surface area contributed by atoms with Crippen molar-refractivity contribution in [1.29, 1.82) is 0 Å². The van der Waals surface area contributed by atoms with Gasteiger partial charge in [0, 0.05) is 12.6 Å². The maximum absolute atomic E-state index is 12.7. The minimum Gasteiger partial charge on any atom is -0.486 e. The second-order valence-corrected chi connectivity index (χ2v) is 7.63. The van der Waals surface area contributed by atoms with Crippen LogP contribution in [0.4, 0.5) is 0 Å². The molecule has 27 heavy (non-hydrogen) atoms. The molecule has 0 atom stereocenters. The molecule has 4 rings (SSSR count). The summed E-state index contributed by atoms with van der Waals surface area (Å²) in [5, 5.41) is 0. The van der Waals surface area contributed by atoms with Gasteiger partial charge >= 0.3 is 0 Å². The highest BCUT2D eigenvalue weighted by Crippen LogP contribution is 2.31. The van der Waals surface area contributed by atoms with Crippen LogP contribution in [0.2, 0.25) is 0 Å². The number of carbonyl (C=O) groups excluding carboxylic acids is 1. The van der Waals surface area contributed by atoms with Gasteiger partial charge in [0.15, 0.2) is 16.3 Å². The lowest BCUT2D eigenvalue weighted by Crippen LogP contribution is -2.16. The monoisotopic (exact) mass is 382 g/mol. The van der Waals surface area contributed by atoms with Crippen LogP contribution >= 0.6 is 11.3 Å². The molecule has 3 aromatic rings. The number of aromatic nitrogens is 1. The van der Waals surface area contributed by atoms with Gasteiger partial charge in [-0.2, -0.15) is 4.99 Å². The number of hydrogen-bond acceptors (Lipinski definition) is 4. The molecule has 1 aliphatic rings. The van der Waals surface area contributed by atoms with E-state index in [0.29, 0.717) is 35.1 Å². The topological polar surface area (TPSA) is 52.8 Å². The number of hydrogen-bond donors (Lipinski definition) is 0. The van der Waals surface area contributed by atoms with Gasteiger partial charge in [-0.15, -0.1) is 0 Å². The fraction of sp³-hybridized carbons (Fsp3) is 0.333. The lowest BCUT2D eigenvalue weighted by Gasteiger charge is -2.18. The lowest BCUT2D eigenvalue weighted by atomic mass is 10.1. The van der Waals surface area contributed by atoms with Gasteiger partial charge in [-0.05, 0) is 48.7 Å². The van der Waals surface area contributed by atoms with Crippen LogP contribution in [-0.4, -0.2) is 23.7 Å². The van der Waals surface area contributed by atoms with Gasteiger partial charge in [0.05, 0.1) is 10.2 Å². The van der Waals surface area contributed by atoms with Gasteiger partial charge in [0.2, 0.25) is 0 Å². The van der Waals surface area contributed by atoms with Crippen LogP contribution in [0.1, 0.15) is 35.7 Å². The van der Waals surface area contributed by atoms with Crippen molar-refractivity contribution in [2.24, 2.45) is 12.0 Å². The summed E-state index contributed by atoms with van der Waals surface area (Å²) in [4.78, 5) is 17.7. The highest BCUT2D eigenvalue weighted by Gasteiger charge is 2.15. The van der Waals surface area contributed by atoms with Crippen LogP contribution in [0, 0.1) is 0 Å². The molecule has 0 spiro atoms. The number of nitrogens with zero attached hydrogens (tertiary/aromatic N) is 2. The van der Waals surface area contributed by atoms with Gasteiger partial charge in [0.1, 0.15) is 13.2 Å². The molecular formula is C21H22N2O3S. The molecule has 0 unspecified atom stereocenters. The number of ether oxygens (including phenoxy) is 2. The van der Waals surface area contributed by atoms with Crippen molar-refractivity contribution < 1.29 is 14.3 Å². The molecule has 1 aromatic heterocycles. The first-order chi connectivity index (χ1) is 13.2. The van der Waals surface area contributed by atoms with Crippen molar-refractivity contribution in [2.45, 2.75) is 26.2 Å². The fourth-order valence-electron chi connectivity index (χ4n) is 3.15. The predicted molar refractivity (Wildman–Crippen MR) is 107 cm³/mol. The van der Waals surface area contributed by atoms with Crippen molar-refractivity contribution in [3.63, 3.8) is 0 Å². The smallest absolute Gasteiger partial charge is 0.279 e. The molecule has 5 nitrogen and oxygen atoms in total. The molecule has 0 saturated heterocycles. The molecule has 0 saturated carbocycles. The average Bonchev–Trinajstić information content (AvgIpc) is 3.00. The molecule has 0 fully saturated rings. The number of unbranched alkanes of at least 4 members (excludes halogenated alkanes) is 1. The van der Waals surface area contributed by atoms with Gasteiger partial charge in [-0.1, -0.05) is 30.7 Å². The quantitative estimate of drug-likeness (QED) is 0.683. The van der Waals surface area contributed by atoms with E-state index in [4.69, 9.17) is 9.47 Å². The Morgan fingerprint density at radius 3 is 2.78 bits per heavy atom. The van der Waals surface area contributed by atoms with Gasteiger partial charge in [-0.25, -0.2) is 0 Å². The Morgan fingerprint density at radius 1 is 1.15 bits per heavy atom. The Kier molecular flexibility index (Phi) is 4.99. The third kappa shape index (κ3) is 3.62. The summed E-state index contributed by atoms with van der Waals surface area (Å²) in [5.74, 6) is 0.994. The highest BCUT2D eigenvalue weighted by molar-refractivity contribution is 7.16. The number of rotatable bonds is 4. The number of carbonyl (C=O) groups is 1. The van der Waals surface area contributed by atoms with E-state index in [1.54, 1.807) is 29.5 Å². The minimum absolute atomic E-state index is 0.277. The summed E-state index contributed by atoms with van der Waals surface area (Å²) in [6.45, 7) is 3.22. The third-order valence-electron chi connectivity index (χ3n) is 4.68. The SMILES string of the molecule is CCCCc1ccc2c(c1)sc(=NC(=O)c1ccc3c(c1)OCCO3)n2C. The predicted octanol–water partition coefficient (Wildman–Crippen LogP) is 4.09. The average molecular weight is 382 g/mol. The molecule has 2 aromatic carbocycles. The first-order valence-electron chi connectivity index (χ1n) is 9.23. The maximum atomic E-state index is 12.7. The Bertz CT molecular complexity index is 1060. The third-order valence-corrected chi connectivity index (χ3v) is 5.77. The summed E-state index contributed by atoms with van der Waals surface area (Å²) in [7, 11) is 1.94. The molecule has 1 amide bonds. The van der Waals surface area contributed by atoms with Crippen LogP contribution in [-0.2, 0) is 13.5 Å². The van der Waals surface area contributed by atoms with Crippen molar-refractivity contribution >= 4 is 27.5 Å². The van der Waals surface area contributed by atoms with Crippen molar-refractivity contribution in [2.75, 3.05) is 13.2 Å². The first kappa shape index (κ1) is 17.8. The molecule has 2 heterocycles. The largest absolute Gasteiger partial charge is 0.486 e. The fourth-order valence-corrected chi connectivity index (χ4v) is 4.23. The summed E-state index contributed by atoms with van der Waals surface area (Å²) >= 11 is 1.54. The Labute approximate surface area is 161 Å². The van der Waals surface area contributed by atoms with E-state index in [-0.39, 0.29) is 5.91 Å². The standard InChI is InChI=1S/C21H22N2O3S/c1-3-4-5-14-6-8-16-19(12-14)27-21(23(16)2)22-20(24)15-7-9-17-18(13-15)26-11-10-25-17/h6-9,12-13H,3-5,10-11H2,1-2H3. The number of amides is 1. The first-order valence-corrected chi connectivity index (χ1v) is 10.0. The second kappa shape index (κ2) is 7.56. The highest BCUT2D eigenvalue weighted by atomic mass is 32.1. The molecule has 0 aliphatic carbocycles. The van der Waals surface area contributed by atoms with E-state index in [1.807, 2.05) is 11.6 Å². The number of thiazole rings is 1. The molecular weight excluding hydrogens is 360 g/mol. The maximum Gasteiger partial charge on any atom is 0.279 e.